The third kappa shape index (κ3) is 2.86. The number of rotatable bonds is 3. The molecule has 2 rings (SSSR count). The van der Waals surface area contributed by atoms with Crippen LogP contribution >= 0.6 is 0 Å². The number of ether oxygens (including phenoxy) is 1. The smallest absolute Gasteiger partial charge is 0.142 e. The second-order valence-corrected chi connectivity index (χ2v) is 6.05. The van der Waals surface area contributed by atoms with E-state index < -0.39 is 0 Å². The van der Waals surface area contributed by atoms with E-state index in [0.29, 0.717) is 5.54 Å². The highest BCUT2D eigenvalue weighted by Crippen LogP contribution is 2.34. The van der Waals surface area contributed by atoms with Gasteiger partial charge in [-0.2, -0.15) is 0 Å². The Labute approximate surface area is 117 Å². The van der Waals surface area contributed by atoms with Crippen LogP contribution in [0.1, 0.15) is 25.3 Å². The zero-order chi connectivity index (χ0) is 14.0. The summed E-state index contributed by atoms with van der Waals surface area (Å²) in [6.45, 7) is 6.64. The summed E-state index contributed by atoms with van der Waals surface area (Å²) < 4.78 is 5.53. The molecular formula is C16H26N2O. The van der Waals surface area contributed by atoms with Gasteiger partial charge in [-0.1, -0.05) is 6.07 Å². The molecule has 1 aromatic carbocycles. The fraction of sp³-hybridized carbons (Fsp3) is 0.625. The molecule has 3 heteroatoms. The van der Waals surface area contributed by atoms with Crippen molar-refractivity contribution >= 4 is 5.69 Å². The number of methoxy groups -OCH3 is 1. The lowest BCUT2D eigenvalue weighted by atomic mass is 9.88. The highest BCUT2D eigenvalue weighted by Gasteiger charge is 2.32. The molecule has 0 amide bonds. The minimum Gasteiger partial charge on any atom is -0.495 e. The topological polar surface area (TPSA) is 15.7 Å². The van der Waals surface area contributed by atoms with Gasteiger partial charge in [0.15, 0.2) is 0 Å². The van der Waals surface area contributed by atoms with Gasteiger partial charge in [-0.25, -0.2) is 0 Å². The van der Waals surface area contributed by atoms with Crippen molar-refractivity contribution in [2.75, 3.05) is 39.2 Å². The average molecular weight is 262 g/mol. The second kappa shape index (κ2) is 5.41. The van der Waals surface area contributed by atoms with Crippen molar-refractivity contribution in [2.45, 2.75) is 32.2 Å². The molecule has 0 unspecified atom stereocenters. The molecule has 1 fully saturated rings. The van der Waals surface area contributed by atoms with Crippen molar-refractivity contribution < 1.29 is 4.74 Å². The Morgan fingerprint density at radius 2 is 1.84 bits per heavy atom. The van der Waals surface area contributed by atoms with Crippen molar-refractivity contribution in [1.29, 1.82) is 0 Å². The summed E-state index contributed by atoms with van der Waals surface area (Å²) in [5.41, 5.74) is 2.80. The van der Waals surface area contributed by atoms with Gasteiger partial charge >= 0.3 is 0 Å². The van der Waals surface area contributed by atoms with Gasteiger partial charge in [0.05, 0.1) is 12.8 Å². The minimum absolute atomic E-state index is 0.328. The molecule has 3 nitrogen and oxygen atoms in total. The number of anilines is 1. The van der Waals surface area contributed by atoms with Crippen molar-refractivity contribution in [2.24, 2.45) is 0 Å². The molecule has 106 valence electrons. The number of aryl methyl sites for hydroxylation is 1. The number of hydrogen-bond donors (Lipinski definition) is 0. The molecule has 1 saturated heterocycles. The summed E-state index contributed by atoms with van der Waals surface area (Å²) in [5, 5.41) is 0. The second-order valence-electron chi connectivity index (χ2n) is 6.05. The van der Waals surface area contributed by atoms with E-state index in [9.17, 15) is 0 Å². The van der Waals surface area contributed by atoms with Gasteiger partial charge in [0.25, 0.3) is 0 Å². The van der Waals surface area contributed by atoms with E-state index in [2.05, 4.69) is 55.9 Å². The number of benzene rings is 1. The molecular weight excluding hydrogens is 236 g/mol. The largest absolute Gasteiger partial charge is 0.495 e. The fourth-order valence-electron chi connectivity index (χ4n) is 2.72. The van der Waals surface area contributed by atoms with E-state index in [1.165, 1.54) is 24.1 Å². The zero-order valence-electron chi connectivity index (χ0n) is 12.9. The van der Waals surface area contributed by atoms with Gasteiger partial charge in [0.2, 0.25) is 0 Å². The summed E-state index contributed by atoms with van der Waals surface area (Å²) in [7, 11) is 6.12. The summed E-state index contributed by atoms with van der Waals surface area (Å²) >= 11 is 0. The van der Waals surface area contributed by atoms with Crippen LogP contribution in [0.25, 0.3) is 0 Å². The van der Waals surface area contributed by atoms with E-state index >= 15 is 0 Å². The van der Waals surface area contributed by atoms with E-state index in [4.69, 9.17) is 4.74 Å². The maximum absolute atomic E-state index is 5.53. The molecule has 0 N–H and O–H groups in total. The molecule has 0 aliphatic carbocycles. The first kappa shape index (κ1) is 14.2. The van der Waals surface area contributed by atoms with Crippen LogP contribution in [-0.2, 0) is 0 Å². The number of hydrogen-bond acceptors (Lipinski definition) is 3. The maximum atomic E-state index is 5.53. The van der Waals surface area contributed by atoms with Crippen LogP contribution in [0, 0.1) is 6.92 Å². The average Bonchev–Trinajstić information content (AvgIpc) is 2.39. The number of piperidine rings is 1. The lowest BCUT2D eigenvalue weighted by Gasteiger charge is -2.44. The monoisotopic (exact) mass is 262 g/mol. The van der Waals surface area contributed by atoms with Crippen molar-refractivity contribution in [1.82, 2.24) is 4.90 Å². The Morgan fingerprint density at radius 1 is 1.21 bits per heavy atom. The zero-order valence-corrected chi connectivity index (χ0v) is 12.9. The molecule has 0 radical (unpaired) electrons. The summed E-state index contributed by atoms with van der Waals surface area (Å²) in [5.74, 6) is 0.994. The molecule has 0 spiro atoms. The Balaban J connectivity index is 2.14. The van der Waals surface area contributed by atoms with Crippen LogP contribution < -0.4 is 9.64 Å². The lowest BCUT2D eigenvalue weighted by Crippen LogP contribution is -2.50. The quantitative estimate of drug-likeness (QED) is 0.833. The molecule has 1 aliphatic rings. The van der Waals surface area contributed by atoms with Crippen molar-refractivity contribution in [3.05, 3.63) is 23.8 Å². The first-order chi connectivity index (χ1) is 8.96. The predicted octanol–water partition coefficient (Wildman–Crippen LogP) is 2.92. The van der Waals surface area contributed by atoms with Crippen LogP contribution in [0.5, 0.6) is 5.75 Å². The van der Waals surface area contributed by atoms with Gasteiger partial charge in [-0.3, -0.25) is 0 Å². The van der Waals surface area contributed by atoms with Crippen molar-refractivity contribution in [3.63, 3.8) is 0 Å². The highest BCUT2D eigenvalue weighted by molar-refractivity contribution is 5.60. The Morgan fingerprint density at radius 3 is 2.37 bits per heavy atom. The van der Waals surface area contributed by atoms with Gasteiger partial charge in [-0.15, -0.1) is 0 Å². The molecule has 19 heavy (non-hydrogen) atoms. The SMILES string of the molecule is COc1cc(C)ccc1N1CCC(C)(N(C)C)CC1. The Kier molecular flexibility index (Phi) is 4.04. The molecule has 1 heterocycles. The third-order valence-electron chi connectivity index (χ3n) is 4.60. The molecule has 0 saturated carbocycles. The summed E-state index contributed by atoms with van der Waals surface area (Å²) in [6, 6.07) is 6.47. The fourth-order valence-corrected chi connectivity index (χ4v) is 2.72. The summed E-state index contributed by atoms with van der Waals surface area (Å²) in [4.78, 5) is 4.81. The normalized spacial score (nSPS) is 18.7. The van der Waals surface area contributed by atoms with Gasteiger partial charge in [0, 0.05) is 18.6 Å². The Bertz CT molecular complexity index is 434. The third-order valence-corrected chi connectivity index (χ3v) is 4.60. The lowest BCUT2D eigenvalue weighted by molar-refractivity contribution is 0.137. The van der Waals surface area contributed by atoms with Crippen LogP contribution in [0.2, 0.25) is 0 Å². The first-order valence-corrected chi connectivity index (χ1v) is 7.03. The summed E-state index contributed by atoms with van der Waals surface area (Å²) in [6.07, 6.45) is 2.38. The standard InChI is InChI=1S/C16H26N2O/c1-13-6-7-14(15(12-13)19-5)18-10-8-16(2,9-11-18)17(3)4/h6-7,12H,8-11H2,1-5H3. The van der Waals surface area contributed by atoms with Crippen LogP contribution in [0.4, 0.5) is 5.69 Å². The van der Waals surface area contributed by atoms with Crippen molar-refractivity contribution in [3.8, 4) is 5.75 Å². The predicted molar refractivity (Wildman–Crippen MR) is 81.3 cm³/mol. The van der Waals surface area contributed by atoms with E-state index in [1.54, 1.807) is 7.11 Å². The maximum Gasteiger partial charge on any atom is 0.142 e. The molecule has 1 aliphatic heterocycles. The van der Waals surface area contributed by atoms with Crippen LogP contribution in [-0.4, -0.2) is 44.7 Å². The highest BCUT2D eigenvalue weighted by atomic mass is 16.5. The minimum atomic E-state index is 0.328. The van der Waals surface area contributed by atoms with E-state index in [-0.39, 0.29) is 0 Å². The molecule has 0 bridgehead atoms. The van der Waals surface area contributed by atoms with Gasteiger partial charge in [0.1, 0.15) is 5.75 Å². The Hall–Kier alpha value is -1.22. The van der Waals surface area contributed by atoms with E-state index in [1.807, 2.05) is 0 Å². The number of nitrogens with zero attached hydrogens (tertiary/aromatic N) is 2. The van der Waals surface area contributed by atoms with Crippen LogP contribution in [0.15, 0.2) is 18.2 Å². The molecule has 1 aromatic rings. The van der Waals surface area contributed by atoms with Gasteiger partial charge in [-0.05, 0) is 58.5 Å². The molecule has 0 atom stereocenters. The first-order valence-electron chi connectivity index (χ1n) is 7.03. The van der Waals surface area contributed by atoms with E-state index in [0.717, 1.165) is 18.8 Å². The van der Waals surface area contributed by atoms with Gasteiger partial charge < -0.3 is 14.5 Å². The molecule has 0 aromatic heterocycles. The van der Waals surface area contributed by atoms with Crippen LogP contribution in [0.3, 0.4) is 0 Å².